The summed E-state index contributed by atoms with van der Waals surface area (Å²) >= 11 is 1.42. The summed E-state index contributed by atoms with van der Waals surface area (Å²) in [5.74, 6) is 0.192. The molecule has 0 spiro atoms. The van der Waals surface area contributed by atoms with Gasteiger partial charge in [-0.25, -0.2) is 4.98 Å². The summed E-state index contributed by atoms with van der Waals surface area (Å²) in [6.07, 6.45) is 8.22. The van der Waals surface area contributed by atoms with Gasteiger partial charge in [-0.3, -0.25) is 14.2 Å². The normalized spacial score (nSPS) is 14.5. The fraction of sp³-hybridized carbons (Fsp3) is 0.421. The van der Waals surface area contributed by atoms with Crippen molar-refractivity contribution in [2.24, 2.45) is 5.73 Å². The fourth-order valence-electron chi connectivity index (χ4n) is 3.09. The minimum Gasteiger partial charge on any atom is -0.370 e. The molecule has 5 nitrogen and oxygen atoms in total. The SMILES string of the molecule is NC(=O)CCSc1nc2ccccc2c(=O)n1CCC1=CCCCC1. The molecule has 2 N–H and O–H groups in total. The maximum atomic E-state index is 12.9. The van der Waals surface area contributed by atoms with Crippen LogP contribution in [0, 0.1) is 0 Å². The van der Waals surface area contributed by atoms with Gasteiger partial charge in [0.05, 0.1) is 10.9 Å². The lowest BCUT2D eigenvalue weighted by Gasteiger charge is -2.16. The number of nitrogens with two attached hydrogens (primary N) is 1. The number of carbonyl (C=O) groups excluding carboxylic acids is 1. The number of allylic oxidation sites excluding steroid dienone is 2. The number of amides is 1. The van der Waals surface area contributed by atoms with Crippen LogP contribution in [0.5, 0.6) is 0 Å². The molecule has 6 heteroatoms. The maximum Gasteiger partial charge on any atom is 0.262 e. The zero-order valence-corrected chi connectivity index (χ0v) is 15.1. The molecule has 1 aromatic heterocycles. The Morgan fingerprint density at radius 2 is 2.12 bits per heavy atom. The molecule has 0 fully saturated rings. The van der Waals surface area contributed by atoms with Gasteiger partial charge in [0.15, 0.2) is 5.16 Å². The van der Waals surface area contributed by atoms with Gasteiger partial charge in [0.1, 0.15) is 0 Å². The first-order valence-electron chi connectivity index (χ1n) is 8.74. The molecule has 0 saturated carbocycles. The number of hydrogen-bond donors (Lipinski definition) is 1. The van der Waals surface area contributed by atoms with Crippen LogP contribution in [0.2, 0.25) is 0 Å². The smallest absolute Gasteiger partial charge is 0.262 e. The Bertz CT molecular complexity index is 857. The van der Waals surface area contributed by atoms with Crippen LogP contribution in [0.3, 0.4) is 0 Å². The zero-order chi connectivity index (χ0) is 17.6. The van der Waals surface area contributed by atoms with Crippen LogP contribution in [0.25, 0.3) is 10.9 Å². The molecule has 1 aliphatic rings. The number of carbonyl (C=O) groups is 1. The Morgan fingerprint density at radius 3 is 2.88 bits per heavy atom. The molecule has 1 aromatic carbocycles. The molecule has 1 aliphatic carbocycles. The van der Waals surface area contributed by atoms with Crippen molar-refractivity contribution in [3.63, 3.8) is 0 Å². The summed E-state index contributed by atoms with van der Waals surface area (Å²) < 4.78 is 1.75. The summed E-state index contributed by atoms with van der Waals surface area (Å²) in [5.41, 5.74) is 7.34. The molecule has 0 unspecified atom stereocenters. The van der Waals surface area contributed by atoms with Gasteiger partial charge in [0, 0.05) is 18.7 Å². The summed E-state index contributed by atoms with van der Waals surface area (Å²) in [6.45, 7) is 0.626. The fourth-order valence-corrected chi connectivity index (χ4v) is 4.06. The Kier molecular flexibility index (Phi) is 5.91. The Balaban J connectivity index is 1.88. The van der Waals surface area contributed by atoms with Crippen LogP contribution < -0.4 is 11.3 Å². The van der Waals surface area contributed by atoms with Crippen molar-refractivity contribution in [3.8, 4) is 0 Å². The van der Waals surface area contributed by atoms with Crippen molar-refractivity contribution >= 4 is 28.6 Å². The van der Waals surface area contributed by atoms with E-state index >= 15 is 0 Å². The van der Waals surface area contributed by atoms with Crippen molar-refractivity contribution in [2.45, 2.75) is 50.2 Å². The molecular formula is C19H23N3O2S. The van der Waals surface area contributed by atoms with E-state index in [1.54, 1.807) is 4.57 Å². The summed E-state index contributed by atoms with van der Waals surface area (Å²) in [6, 6.07) is 7.41. The first kappa shape index (κ1) is 17.7. The standard InChI is InChI=1S/C19H23N3O2S/c20-17(23)11-13-25-19-21-16-9-5-4-8-15(16)18(24)22(19)12-10-14-6-2-1-3-7-14/h4-6,8-9H,1-3,7,10-13H2,(H2,20,23). The average Bonchev–Trinajstić information content (AvgIpc) is 2.62. The number of aromatic nitrogens is 2. The van der Waals surface area contributed by atoms with Gasteiger partial charge in [-0.1, -0.05) is 35.5 Å². The molecule has 2 aromatic rings. The number of primary amides is 1. The Morgan fingerprint density at radius 1 is 1.28 bits per heavy atom. The van der Waals surface area contributed by atoms with Crippen molar-refractivity contribution in [1.29, 1.82) is 0 Å². The minimum atomic E-state index is -0.338. The van der Waals surface area contributed by atoms with E-state index in [1.807, 2.05) is 24.3 Å². The molecule has 1 heterocycles. The third-order valence-electron chi connectivity index (χ3n) is 4.45. The highest BCUT2D eigenvalue weighted by Crippen LogP contribution is 2.23. The lowest BCUT2D eigenvalue weighted by Crippen LogP contribution is -2.24. The van der Waals surface area contributed by atoms with E-state index in [1.165, 1.54) is 30.2 Å². The summed E-state index contributed by atoms with van der Waals surface area (Å²) in [4.78, 5) is 28.6. The van der Waals surface area contributed by atoms with E-state index < -0.39 is 0 Å². The predicted molar refractivity (Wildman–Crippen MR) is 102 cm³/mol. The van der Waals surface area contributed by atoms with E-state index in [-0.39, 0.29) is 17.9 Å². The van der Waals surface area contributed by atoms with Crippen LogP contribution >= 0.6 is 11.8 Å². The predicted octanol–water partition coefficient (Wildman–Crippen LogP) is 3.25. The number of rotatable bonds is 7. The summed E-state index contributed by atoms with van der Waals surface area (Å²) in [5, 5.41) is 1.31. The lowest BCUT2D eigenvalue weighted by molar-refractivity contribution is -0.117. The van der Waals surface area contributed by atoms with E-state index in [2.05, 4.69) is 11.1 Å². The van der Waals surface area contributed by atoms with E-state index in [9.17, 15) is 9.59 Å². The quantitative estimate of drug-likeness (QED) is 0.469. The molecule has 0 radical (unpaired) electrons. The second-order valence-corrected chi connectivity index (χ2v) is 7.35. The van der Waals surface area contributed by atoms with Gasteiger partial charge >= 0.3 is 0 Å². The molecule has 132 valence electrons. The molecule has 0 aliphatic heterocycles. The largest absolute Gasteiger partial charge is 0.370 e. The number of para-hydroxylation sites is 1. The van der Waals surface area contributed by atoms with Gasteiger partial charge in [0.25, 0.3) is 5.56 Å². The number of nitrogens with zero attached hydrogens (tertiary/aromatic N) is 2. The maximum absolute atomic E-state index is 12.9. The van der Waals surface area contributed by atoms with Crippen molar-refractivity contribution in [2.75, 3.05) is 5.75 Å². The zero-order valence-electron chi connectivity index (χ0n) is 14.2. The highest BCUT2D eigenvalue weighted by atomic mass is 32.2. The van der Waals surface area contributed by atoms with Gasteiger partial charge in [-0.15, -0.1) is 0 Å². The Labute approximate surface area is 151 Å². The van der Waals surface area contributed by atoms with Gasteiger partial charge in [0.2, 0.25) is 5.91 Å². The molecular weight excluding hydrogens is 334 g/mol. The van der Waals surface area contributed by atoms with Crippen LogP contribution in [0.1, 0.15) is 38.5 Å². The highest BCUT2D eigenvalue weighted by Gasteiger charge is 2.13. The topological polar surface area (TPSA) is 78.0 Å². The van der Waals surface area contributed by atoms with Crippen LogP contribution in [0.4, 0.5) is 0 Å². The van der Waals surface area contributed by atoms with Crippen molar-refractivity contribution in [3.05, 3.63) is 46.3 Å². The van der Waals surface area contributed by atoms with Crippen LogP contribution in [-0.2, 0) is 11.3 Å². The number of hydrogen-bond acceptors (Lipinski definition) is 4. The molecule has 1 amide bonds. The molecule has 0 atom stereocenters. The third-order valence-corrected chi connectivity index (χ3v) is 5.43. The van der Waals surface area contributed by atoms with Gasteiger partial charge in [-0.05, 0) is 44.2 Å². The molecule has 25 heavy (non-hydrogen) atoms. The van der Waals surface area contributed by atoms with E-state index in [4.69, 9.17) is 5.73 Å². The Hall–Kier alpha value is -2.08. The average molecular weight is 357 g/mol. The highest BCUT2D eigenvalue weighted by molar-refractivity contribution is 7.99. The first-order chi connectivity index (χ1) is 12.1. The molecule has 0 bridgehead atoms. The molecule has 0 saturated heterocycles. The minimum absolute atomic E-state index is 0.0106. The first-order valence-corrected chi connectivity index (χ1v) is 9.72. The van der Waals surface area contributed by atoms with Crippen molar-refractivity contribution < 1.29 is 4.79 Å². The van der Waals surface area contributed by atoms with Crippen LogP contribution in [-0.4, -0.2) is 21.2 Å². The number of thioether (sulfide) groups is 1. The van der Waals surface area contributed by atoms with E-state index in [0.717, 1.165) is 19.3 Å². The number of benzene rings is 1. The second-order valence-electron chi connectivity index (χ2n) is 6.29. The number of fused-ring (bicyclic) bond motifs is 1. The third kappa shape index (κ3) is 4.51. The molecule has 3 rings (SSSR count). The van der Waals surface area contributed by atoms with Gasteiger partial charge in [-0.2, -0.15) is 0 Å². The monoisotopic (exact) mass is 357 g/mol. The summed E-state index contributed by atoms with van der Waals surface area (Å²) in [7, 11) is 0. The lowest BCUT2D eigenvalue weighted by atomic mass is 9.97. The van der Waals surface area contributed by atoms with Gasteiger partial charge < -0.3 is 5.73 Å². The van der Waals surface area contributed by atoms with Crippen LogP contribution in [0.15, 0.2) is 45.9 Å². The van der Waals surface area contributed by atoms with Crippen molar-refractivity contribution in [1.82, 2.24) is 9.55 Å². The second kappa shape index (κ2) is 8.34. The van der Waals surface area contributed by atoms with E-state index in [0.29, 0.717) is 28.4 Å².